The van der Waals surface area contributed by atoms with E-state index in [0.717, 1.165) is 18.8 Å². The van der Waals surface area contributed by atoms with Crippen molar-refractivity contribution < 1.29 is 9.53 Å². The number of aryl methyl sites for hydroxylation is 1. The fourth-order valence-electron chi connectivity index (χ4n) is 1.98. The Hall–Kier alpha value is -2.34. The van der Waals surface area contributed by atoms with Crippen molar-refractivity contribution in [1.82, 2.24) is 9.97 Å². The van der Waals surface area contributed by atoms with Gasteiger partial charge >= 0.3 is 5.97 Å². The van der Waals surface area contributed by atoms with Gasteiger partial charge < -0.3 is 15.4 Å². The fourth-order valence-corrected chi connectivity index (χ4v) is 2.14. The highest BCUT2D eigenvalue weighted by Gasteiger charge is 2.10. The Kier molecular flexibility index (Phi) is 5.76. The van der Waals surface area contributed by atoms with Crippen LogP contribution >= 0.6 is 11.6 Å². The Morgan fingerprint density at radius 2 is 2.00 bits per heavy atom. The number of ether oxygens (including phenoxy) is 1. The number of esters is 1. The van der Waals surface area contributed by atoms with Crippen LogP contribution in [0.4, 0.5) is 17.3 Å². The number of rotatable bonds is 6. The molecule has 0 saturated carbocycles. The fraction of sp³-hybridized carbons (Fsp3) is 0.312. The van der Waals surface area contributed by atoms with Crippen molar-refractivity contribution in [2.75, 3.05) is 24.3 Å². The van der Waals surface area contributed by atoms with Crippen molar-refractivity contribution in [2.24, 2.45) is 0 Å². The van der Waals surface area contributed by atoms with Gasteiger partial charge in [-0.2, -0.15) is 0 Å². The minimum atomic E-state index is -0.422. The van der Waals surface area contributed by atoms with Crippen LogP contribution in [-0.2, 0) is 4.74 Å². The van der Waals surface area contributed by atoms with Gasteiger partial charge in [0.05, 0.1) is 23.4 Å². The molecule has 0 radical (unpaired) electrons. The number of methoxy groups -OCH3 is 1. The molecule has 0 spiro atoms. The number of hydrogen-bond donors (Lipinski definition) is 2. The molecule has 122 valence electrons. The molecule has 6 nitrogen and oxygen atoms in total. The summed E-state index contributed by atoms with van der Waals surface area (Å²) in [4.78, 5) is 20.3. The van der Waals surface area contributed by atoms with E-state index < -0.39 is 5.97 Å². The first-order chi connectivity index (χ1) is 11.0. The van der Waals surface area contributed by atoms with Crippen LogP contribution in [0.3, 0.4) is 0 Å². The lowest BCUT2D eigenvalue weighted by Gasteiger charge is -2.11. The summed E-state index contributed by atoms with van der Waals surface area (Å²) in [7, 11) is 1.34. The number of aromatic nitrogens is 2. The van der Waals surface area contributed by atoms with E-state index in [2.05, 4.69) is 27.5 Å². The van der Waals surface area contributed by atoms with Gasteiger partial charge in [-0.05, 0) is 31.5 Å². The molecule has 1 aromatic carbocycles. The second kappa shape index (κ2) is 7.78. The monoisotopic (exact) mass is 334 g/mol. The summed E-state index contributed by atoms with van der Waals surface area (Å²) in [5.74, 6) is 1.55. The van der Waals surface area contributed by atoms with Crippen LogP contribution in [0.2, 0.25) is 5.02 Å². The molecule has 0 aliphatic heterocycles. The summed E-state index contributed by atoms with van der Waals surface area (Å²) in [5, 5.41) is 6.82. The van der Waals surface area contributed by atoms with Crippen molar-refractivity contribution in [3.63, 3.8) is 0 Å². The summed E-state index contributed by atoms with van der Waals surface area (Å²) in [6.45, 7) is 4.72. The first-order valence-corrected chi connectivity index (χ1v) is 7.65. The Morgan fingerprint density at radius 3 is 2.70 bits per heavy atom. The SMILES string of the molecule is CCCNc1cc(Nc2cc(C(=O)OC)ccc2Cl)nc(C)n1. The first kappa shape index (κ1) is 17.0. The maximum atomic E-state index is 11.6. The number of nitrogens with zero attached hydrogens (tertiary/aromatic N) is 2. The van der Waals surface area contributed by atoms with Crippen LogP contribution in [0, 0.1) is 6.92 Å². The van der Waals surface area contributed by atoms with Crippen molar-refractivity contribution in [2.45, 2.75) is 20.3 Å². The minimum Gasteiger partial charge on any atom is -0.465 e. The summed E-state index contributed by atoms with van der Waals surface area (Å²) >= 11 is 6.18. The Balaban J connectivity index is 2.27. The average molecular weight is 335 g/mol. The number of benzene rings is 1. The van der Waals surface area contributed by atoms with E-state index in [-0.39, 0.29) is 0 Å². The molecule has 0 unspecified atom stereocenters. The molecule has 0 fully saturated rings. The minimum absolute atomic E-state index is 0.412. The van der Waals surface area contributed by atoms with Gasteiger partial charge in [-0.15, -0.1) is 0 Å². The molecule has 0 bridgehead atoms. The second-order valence-electron chi connectivity index (χ2n) is 4.92. The third kappa shape index (κ3) is 4.56. The molecule has 2 rings (SSSR count). The summed E-state index contributed by atoms with van der Waals surface area (Å²) in [6, 6.07) is 6.67. The van der Waals surface area contributed by atoms with Gasteiger partial charge in [0.1, 0.15) is 17.5 Å². The normalized spacial score (nSPS) is 10.3. The molecule has 2 N–H and O–H groups in total. The number of hydrogen-bond acceptors (Lipinski definition) is 6. The zero-order chi connectivity index (χ0) is 16.8. The summed E-state index contributed by atoms with van der Waals surface area (Å²) in [5.41, 5.74) is 0.989. The van der Waals surface area contributed by atoms with Gasteiger partial charge in [0.25, 0.3) is 0 Å². The molecule has 0 amide bonds. The maximum Gasteiger partial charge on any atom is 0.337 e. The zero-order valence-corrected chi connectivity index (χ0v) is 14.1. The van der Waals surface area contributed by atoms with Crippen LogP contribution in [0.25, 0.3) is 0 Å². The van der Waals surface area contributed by atoms with Crippen LogP contribution < -0.4 is 10.6 Å². The molecule has 7 heteroatoms. The van der Waals surface area contributed by atoms with E-state index in [1.54, 1.807) is 24.3 Å². The average Bonchev–Trinajstić information content (AvgIpc) is 2.53. The van der Waals surface area contributed by atoms with Gasteiger partial charge in [-0.1, -0.05) is 18.5 Å². The molecule has 0 aliphatic rings. The van der Waals surface area contributed by atoms with E-state index in [9.17, 15) is 4.79 Å². The number of carbonyl (C=O) groups is 1. The lowest BCUT2D eigenvalue weighted by atomic mass is 10.2. The predicted octanol–water partition coefficient (Wildman–Crippen LogP) is 3.79. The third-order valence-corrected chi connectivity index (χ3v) is 3.37. The van der Waals surface area contributed by atoms with Gasteiger partial charge in [0, 0.05) is 12.6 Å². The molecule has 0 saturated heterocycles. The van der Waals surface area contributed by atoms with Crippen molar-refractivity contribution in [3.05, 3.63) is 40.7 Å². The molecular weight excluding hydrogens is 316 g/mol. The number of nitrogens with one attached hydrogen (secondary N) is 2. The highest BCUT2D eigenvalue weighted by molar-refractivity contribution is 6.33. The Labute approximate surface area is 140 Å². The summed E-state index contributed by atoms with van der Waals surface area (Å²) in [6.07, 6.45) is 0.999. The lowest BCUT2D eigenvalue weighted by molar-refractivity contribution is 0.0601. The van der Waals surface area contributed by atoms with Crippen molar-refractivity contribution in [3.8, 4) is 0 Å². The standard InChI is InChI=1S/C16H19ClN4O2/c1-4-7-18-14-9-15(20-10(2)19-14)21-13-8-11(16(22)23-3)5-6-12(13)17/h5-6,8-9H,4,7H2,1-3H3,(H2,18,19,20,21). The smallest absolute Gasteiger partial charge is 0.337 e. The predicted molar refractivity (Wildman–Crippen MR) is 91.6 cm³/mol. The maximum absolute atomic E-state index is 11.6. The highest BCUT2D eigenvalue weighted by atomic mass is 35.5. The molecule has 23 heavy (non-hydrogen) atoms. The first-order valence-electron chi connectivity index (χ1n) is 7.28. The zero-order valence-electron chi connectivity index (χ0n) is 13.3. The molecule has 1 aromatic heterocycles. The van der Waals surface area contributed by atoms with E-state index >= 15 is 0 Å². The lowest BCUT2D eigenvalue weighted by Crippen LogP contribution is -2.06. The van der Waals surface area contributed by atoms with E-state index in [1.807, 2.05) is 6.92 Å². The largest absolute Gasteiger partial charge is 0.465 e. The molecular formula is C16H19ClN4O2. The van der Waals surface area contributed by atoms with Gasteiger partial charge in [-0.3, -0.25) is 0 Å². The topological polar surface area (TPSA) is 76.1 Å². The van der Waals surface area contributed by atoms with Gasteiger partial charge in [0.2, 0.25) is 0 Å². The van der Waals surface area contributed by atoms with E-state index in [4.69, 9.17) is 16.3 Å². The number of halogens is 1. The van der Waals surface area contributed by atoms with E-state index in [0.29, 0.717) is 27.9 Å². The van der Waals surface area contributed by atoms with Crippen molar-refractivity contribution in [1.29, 1.82) is 0 Å². The molecule has 0 atom stereocenters. The molecule has 0 aliphatic carbocycles. The summed E-state index contributed by atoms with van der Waals surface area (Å²) < 4.78 is 4.72. The van der Waals surface area contributed by atoms with Crippen LogP contribution in [0.5, 0.6) is 0 Å². The van der Waals surface area contributed by atoms with E-state index in [1.165, 1.54) is 7.11 Å². The van der Waals surface area contributed by atoms with Crippen molar-refractivity contribution >= 4 is 34.9 Å². The Bertz CT molecular complexity index is 706. The van der Waals surface area contributed by atoms with Gasteiger partial charge in [-0.25, -0.2) is 14.8 Å². The number of anilines is 3. The van der Waals surface area contributed by atoms with Gasteiger partial charge in [0.15, 0.2) is 0 Å². The van der Waals surface area contributed by atoms with Crippen LogP contribution in [-0.4, -0.2) is 29.6 Å². The number of carbonyl (C=O) groups excluding carboxylic acids is 1. The second-order valence-corrected chi connectivity index (χ2v) is 5.33. The molecule has 2 aromatic rings. The third-order valence-electron chi connectivity index (χ3n) is 3.04. The Morgan fingerprint density at radius 1 is 1.26 bits per heavy atom. The van der Waals surface area contributed by atoms with Crippen LogP contribution in [0.1, 0.15) is 29.5 Å². The quantitative estimate of drug-likeness (QED) is 0.783. The highest BCUT2D eigenvalue weighted by Crippen LogP contribution is 2.27. The molecule has 1 heterocycles. The van der Waals surface area contributed by atoms with Crippen LogP contribution in [0.15, 0.2) is 24.3 Å².